The lowest BCUT2D eigenvalue weighted by Crippen LogP contribution is -1.78. The van der Waals surface area contributed by atoms with E-state index in [9.17, 15) is 0 Å². The van der Waals surface area contributed by atoms with Gasteiger partial charge in [-0.25, -0.2) is 0 Å². The van der Waals surface area contributed by atoms with E-state index in [1.165, 1.54) is 29.5 Å². The molecular formula is C22H34. The standard InChI is InChI=1S/C10H12.C8H10.2C2H6/c1-8-3-2-4-10(7-8)9-5-6-9;1-7-4-3-5-8(2)6-7;2*1-2/h2-4,7,9H,5-6H2,1H3;3-6H,1-2H3;2*1-2H3. The molecule has 1 aliphatic rings. The third kappa shape index (κ3) is 8.67. The van der Waals surface area contributed by atoms with Crippen molar-refractivity contribution in [3.8, 4) is 0 Å². The number of hydrogen-bond donors (Lipinski definition) is 0. The van der Waals surface area contributed by atoms with Gasteiger partial charge in [-0.1, -0.05) is 92.9 Å². The molecule has 0 aromatic heterocycles. The zero-order chi connectivity index (χ0) is 17.0. The maximum Gasteiger partial charge on any atom is -0.0161 e. The van der Waals surface area contributed by atoms with Crippen LogP contribution in [0.1, 0.15) is 68.7 Å². The van der Waals surface area contributed by atoms with E-state index in [0.29, 0.717) is 0 Å². The van der Waals surface area contributed by atoms with Gasteiger partial charge in [0.05, 0.1) is 0 Å². The molecule has 0 N–H and O–H groups in total. The fourth-order valence-corrected chi connectivity index (χ4v) is 2.15. The molecule has 0 aliphatic heterocycles. The van der Waals surface area contributed by atoms with Crippen LogP contribution in [-0.2, 0) is 0 Å². The minimum atomic E-state index is 0.903. The normalized spacial score (nSPS) is 11.8. The maximum atomic E-state index is 2.30. The smallest absolute Gasteiger partial charge is 0.0161 e. The lowest BCUT2D eigenvalue weighted by atomic mass is 10.1. The number of rotatable bonds is 1. The van der Waals surface area contributed by atoms with E-state index >= 15 is 0 Å². The maximum absolute atomic E-state index is 2.30. The highest BCUT2D eigenvalue weighted by atomic mass is 14.3. The predicted molar refractivity (Wildman–Crippen MR) is 102 cm³/mol. The second kappa shape index (κ2) is 12.0. The highest BCUT2D eigenvalue weighted by Crippen LogP contribution is 2.39. The first-order valence-electron chi connectivity index (χ1n) is 8.75. The monoisotopic (exact) mass is 298 g/mol. The molecule has 0 atom stereocenters. The van der Waals surface area contributed by atoms with Crippen LogP contribution in [0.5, 0.6) is 0 Å². The van der Waals surface area contributed by atoms with Gasteiger partial charge in [-0.05, 0) is 45.1 Å². The van der Waals surface area contributed by atoms with Crippen LogP contribution in [0.15, 0.2) is 48.5 Å². The second-order valence-corrected chi connectivity index (χ2v) is 5.35. The summed E-state index contributed by atoms with van der Waals surface area (Å²) in [6, 6.07) is 17.3. The van der Waals surface area contributed by atoms with Crippen LogP contribution >= 0.6 is 0 Å². The lowest BCUT2D eigenvalue weighted by Gasteiger charge is -1.97. The Labute approximate surface area is 138 Å². The van der Waals surface area contributed by atoms with Crippen LogP contribution in [0.25, 0.3) is 0 Å². The number of aryl methyl sites for hydroxylation is 3. The Morgan fingerprint density at radius 3 is 1.36 bits per heavy atom. The average molecular weight is 299 g/mol. The zero-order valence-corrected chi connectivity index (χ0v) is 15.6. The highest BCUT2D eigenvalue weighted by molar-refractivity contribution is 5.28. The Balaban J connectivity index is 0.000000333. The molecule has 0 heterocycles. The van der Waals surface area contributed by atoms with Crippen LogP contribution in [0, 0.1) is 20.8 Å². The summed E-state index contributed by atoms with van der Waals surface area (Å²) in [7, 11) is 0. The largest absolute Gasteiger partial charge is 0.0683 e. The van der Waals surface area contributed by atoms with Gasteiger partial charge in [-0.15, -0.1) is 0 Å². The fourth-order valence-electron chi connectivity index (χ4n) is 2.15. The van der Waals surface area contributed by atoms with E-state index < -0.39 is 0 Å². The van der Waals surface area contributed by atoms with Crippen molar-refractivity contribution in [1.29, 1.82) is 0 Å². The summed E-state index contributed by atoms with van der Waals surface area (Å²) in [4.78, 5) is 0. The Bertz CT molecular complexity index is 490. The Morgan fingerprint density at radius 1 is 0.636 bits per heavy atom. The average Bonchev–Trinajstić information content (AvgIpc) is 3.37. The van der Waals surface area contributed by atoms with Crippen LogP contribution in [0.2, 0.25) is 0 Å². The van der Waals surface area contributed by atoms with Crippen molar-refractivity contribution in [3.63, 3.8) is 0 Å². The number of benzene rings is 2. The first kappa shape index (κ1) is 20.4. The molecule has 0 spiro atoms. The van der Waals surface area contributed by atoms with Crippen molar-refractivity contribution < 1.29 is 0 Å². The molecule has 0 nitrogen and oxygen atoms in total. The Kier molecular flexibility index (Phi) is 11.2. The van der Waals surface area contributed by atoms with E-state index in [1.807, 2.05) is 27.7 Å². The molecule has 1 aliphatic carbocycles. The first-order chi connectivity index (χ1) is 10.6. The van der Waals surface area contributed by atoms with Gasteiger partial charge in [-0.3, -0.25) is 0 Å². The molecule has 0 saturated heterocycles. The zero-order valence-electron chi connectivity index (χ0n) is 15.6. The first-order valence-corrected chi connectivity index (χ1v) is 8.75. The van der Waals surface area contributed by atoms with Gasteiger partial charge >= 0.3 is 0 Å². The molecule has 1 fully saturated rings. The lowest BCUT2D eigenvalue weighted by molar-refractivity contribution is 1.12. The van der Waals surface area contributed by atoms with Gasteiger partial charge in [0, 0.05) is 0 Å². The van der Waals surface area contributed by atoms with E-state index in [0.717, 1.165) is 5.92 Å². The summed E-state index contributed by atoms with van der Waals surface area (Å²) in [5.74, 6) is 0.903. The molecule has 1 saturated carbocycles. The summed E-state index contributed by atoms with van der Waals surface area (Å²) in [5, 5.41) is 0. The van der Waals surface area contributed by atoms with Gasteiger partial charge in [0.1, 0.15) is 0 Å². The van der Waals surface area contributed by atoms with Crippen molar-refractivity contribution in [2.45, 2.75) is 67.2 Å². The predicted octanol–water partition coefficient (Wildman–Crippen LogP) is 7.23. The quantitative estimate of drug-likeness (QED) is 0.521. The van der Waals surface area contributed by atoms with Gasteiger partial charge in [0.15, 0.2) is 0 Å². The molecule has 2 aromatic carbocycles. The van der Waals surface area contributed by atoms with Gasteiger partial charge in [0.25, 0.3) is 0 Å². The molecular weight excluding hydrogens is 264 g/mol. The van der Waals surface area contributed by atoms with E-state index in [2.05, 4.69) is 69.3 Å². The van der Waals surface area contributed by atoms with Crippen molar-refractivity contribution in [2.24, 2.45) is 0 Å². The van der Waals surface area contributed by atoms with Crippen LogP contribution in [0.4, 0.5) is 0 Å². The molecule has 122 valence electrons. The number of hydrogen-bond acceptors (Lipinski definition) is 0. The van der Waals surface area contributed by atoms with Crippen molar-refractivity contribution in [3.05, 3.63) is 70.8 Å². The van der Waals surface area contributed by atoms with E-state index in [4.69, 9.17) is 0 Å². The van der Waals surface area contributed by atoms with Gasteiger partial charge < -0.3 is 0 Å². The highest BCUT2D eigenvalue weighted by Gasteiger charge is 2.22. The minimum Gasteiger partial charge on any atom is -0.0683 e. The fraction of sp³-hybridized carbons (Fsp3) is 0.455. The Hall–Kier alpha value is -1.56. The van der Waals surface area contributed by atoms with Gasteiger partial charge in [0.2, 0.25) is 0 Å². The van der Waals surface area contributed by atoms with E-state index in [-0.39, 0.29) is 0 Å². The summed E-state index contributed by atoms with van der Waals surface area (Å²) in [5.41, 5.74) is 5.61. The van der Waals surface area contributed by atoms with Crippen LogP contribution < -0.4 is 0 Å². The third-order valence-electron chi connectivity index (χ3n) is 3.26. The topological polar surface area (TPSA) is 0 Å². The van der Waals surface area contributed by atoms with Crippen molar-refractivity contribution in [1.82, 2.24) is 0 Å². The minimum absolute atomic E-state index is 0.903. The molecule has 0 amide bonds. The molecule has 0 radical (unpaired) electrons. The SMILES string of the molecule is CC.CC.Cc1cccc(C)c1.Cc1cccc(C2CC2)c1. The summed E-state index contributed by atoms with van der Waals surface area (Å²) in [6.07, 6.45) is 2.81. The Morgan fingerprint density at radius 2 is 1.05 bits per heavy atom. The molecule has 0 heteroatoms. The second-order valence-electron chi connectivity index (χ2n) is 5.35. The summed E-state index contributed by atoms with van der Waals surface area (Å²) >= 11 is 0. The van der Waals surface area contributed by atoms with Crippen molar-refractivity contribution in [2.75, 3.05) is 0 Å². The van der Waals surface area contributed by atoms with Gasteiger partial charge in [-0.2, -0.15) is 0 Å². The van der Waals surface area contributed by atoms with E-state index in [1.54, 1.807) is 5.56 Å². The summed E-state index contributed by atoms with van der Waals surface area (Å²) < 4.78 is 0. The molecule has 2 aromatic rings. The van der Waals surface area contributed by atoms with Crippen molar-refractivity contribution >= 4 is 0 Å². The third-order valence-corrected chi connectivity index (χ3v) is 3.26. The molecule has 3 rings (SSSR count). The molecule has 0 unspecified atom stereocenters. The summed E-state index contributed by atoms with van der Waals surface area (Å²) in [6.45, 7) is 14.4. The molecule has 0 bridgehead atoms. The molecule has 22 heavy (non-hydrogen) atoms. The van der Waals surface area contributed by atoms with Crippen LogP contribution in [0.3, 0.4) is 0 Å². The van der Waals surface area contributed by atoms with Crippen LogP contribution in [-0.4, -0.2) is 0 Å².